The van der Waals surface area contributed by atoms with Gasteiger partial charge in [0, 0.05) is 19.4 Å². The maximum absolute atomic E-state index is 5.45. The van der Waals surface area contributed by atoms with E-state index in [0.29, 0.717) is 12.0 Å². The normalized spacial score (nSPS) is 18.8. The van der Waals surface area contributed by atoms with Gasteiger partial charge >= 0.3 is 0 Å². The van der Waals surface area contributed by atoms with E-state index in [9.17, 15) is 0 Å². The summed E-state index contributed by atoms with van der Waals surface area (Å²) in [4.78, 5) is 8.91. The number of nitrogens with one attached hydrogen (secondary N) is 1. The lowest BCUT2D eigenvalue weighted by atomic mass is 9.89. The second-order valence-electron chi connectivity index (χ2n) is 4.96. The fourth-order valence-electron chi connectivity index (χ4n) is 2.42. The highest BCUT2D eigenvalue weighted by Gasteiger charge is 2.26. The number of aryl methyl sites for hydroxylation is 1. The van der Waals surface area contributed by atoms with Crippen molar-refractivity contribution in [3.8, 4) is 0 Å². The van der Waals surface area contributed by atoms with Crippen molar-refractivity contribution in [1.29, 1.82) is 0 Å². The first-order valence-electron chi connectivity index (χ1n) is 6.91. The Kier molecular flexibility index (Phi) is 5.08. The molecule has 4 heteroatoms. The van der Waals surface area contributed by atoms with Crippen LogP contribution < -0.4 is 5.32 Å². The minimum absolute atomic E-state index is 0.321. The standard InChI is InChI=1S/C14H23N3O/c1-3-6-15-14(12-4-7-18-8-5-12)13-10-16-11(2)9-17-13/h9-10,12,14-15H,3-8H2,1-2H3. The number of hydrogen-bond acceptors (Lipinski definition) is 4. The van der Waals surface area contributed by atoms with Gasteiger partial charge in [-0.25, -0.2) is 0 Å². The Hall–Kier alpha value is -1.00. The van der Waals surface area contributed by atoms with Gasteiger partial charge in [0.25, 0.3) is 0 Å². The summed E-state index contributed by atoms with van der Waals surface area (Å²) in [6.07, 6.45) is 7.13. The van der Waals surface area contributed by atoms with Crippen LogP contribution in [0.4, 0.5) is 0 Å². The van der Waals surface area contributed by atoms with Crippen molar-refractivity contribution in [2.75, 3.05) is 19.8 Å². The van der Waals surface area contributed by atoms with Gasteiger partial charge in [-0.05, 0) is 38.6 Å². The molecule has 0 saturated carbocycles. The number of hydrogen-bond donors (Lipinski definition) is 1. The predicted octanol–water partition coefficient (Wildman–Crippen LogP) is 2.25. The molecule has 1 aromatic heterocycles. The monoisotopic (exact) mass is 249 g/mol. The van der Waals surface area contributed by atoms with Crippen LogP contribution in [0.3, 0.4) is 0 Å². The van der Waals surface area contributed by atoms with E-state index in [0.717, 1.165) is 50.4 Å². The van der Waals surface area contributed by atoms with Gasteiger partial charge in [0.2, 0.25) is 0 Å². The molecule has 2 rings (SSSR count). The Morgan fingerprint density at radius 2 is 2.11 bits per heavy atom. The summed E-state index contributed by atoms with van der Waals surface area (Å²) < 4.78 is 5.45. The third-order valence-electron chi connectivity index (χ3n) is 3.47. The summed E-state index contributed by atoms with van der Waals surface area (Å²) in [5.74, 6) is 0.613. The van der Waals surface area contributed by atoms with E-state index in [-0.39, 0.29) is 0 Å². The molecule has 0 radical (unpaired) electrons. The van der Waals surface area contributed by atoms with Gasteiger partial charge in [-0.2, -0.15) is 0 Å². The summed E-state index contributed by atoms with van der Waals surface area (Å²) >= 11 is 0. The summed E-state index contributed by atoms with van der Waals surface area (Å²) in [7, 11) is 0. The van der Waals surface area contributed by atoms with Crippen LogP contribution in [0.15, 0.2) is 12.4 Å². The second-order valence-corrected chi connectivity index (χ2v) is 4.96. The number of ether oxygens (including phenoxy) is 1. The smallest absolute Gasteiger partial charge is 0.0759 e. The third-order valence-corrected chi connectivity index (χ3v) is 3.47. The van der Waals surface area contributed by atoms with Gasteiger partial charge in [0.05, 0.1) is 23.6 Å². The zero-order valence-electron chi connectivity index (χ0n) is 11.4. The molecule has 1 aromatic rings. The zero-order chi connectivity index (χ0) is 12.8. The van der Waals surface area contributed by atoms with E-state index in [4.69, 9.17) is 4.74 Å². The second kappa shape index (κ2) is 6.81. The first-order chi connectivity index (χ1) is 8.81. The zero-order valence-corrected chi connectivity index (χ0v) is 11.4. The van der Waals surface area contributed by atoms with Crippen LogP contribution in [0.25, 0.3) is 0 Å². The summed E-state index contributed by atoms with van der Waals surface area (Å²) in [5, 5.41) is 3.62. The molecule has 0 spiro atoms. The van der Waals surface area contributed by atoms with Crippen molar-refractivity contribution < 1.29 is 4.74 Å². The first kappa shape index (κ1) is 13.4. The molecule has 0 bridgehead atoms. The van der Waals surface area contributed by atoms with Crippen molar-refractivity contribution in [1.82, 2.24) is 15.3 Å². The Balaban J connectivity index is 2.10. The molecular formula is C14H23N3O. The minimum atomic E-state index is 0.321. The lowest BCUT2D eigenvalue weighted by Crippen LogP contribution is -2.33. The molecule has 100 valence electrons. The minimum Gasteiger partial charge on any atom is -0.381 e. The molecule has 2 heterocycles. The van der Waals surface area contributed by atoms with E-state index >= 15 is 0 Å². The molecule has 1 unspecified atom stereocenters. The molecule has 1 atom stereocenters. The third kappa shape index (κ3) is 3.50. The largest absolute Gasteiger partial charge is 0.381 e. The van der Waals surface area contributed by atoms with Crippen molar-refractivity contribution >= 4 is 0 Å². The maximum atomic E-state index is 5.45. The molecule has 4 nitrogen and oxygen atoms in total. The maximum Gasteiger partial charge on any atom is 0.0759 e. The lowest BCUT2D eigenvalue weighted by molar-refractivity contribution is 0.0530. The topological polar surface area (TPSA) is 47.0 Å². The number of nitrogens with zero attached hydrogens (tertiary/aromatic N) is 2. The molecular weight excluding hydrogens is 226 g/mol. The first-order valence-corrected chi connectivity index (χ1v) is 6.91. The van der Waals surface area contributed by atoms with E-state index < -0.39 is 0 Å². The Bertz CT molecular complexity index is 347. The van der Waals surface area contributed by atoms with Gasteiger partial charge in [0.15, 0.2) is 0 Å². The number of aromatic nitrogens is 2. The van der Waals surface area contributed by atoms with Crippen molar-refractivity contribution in [3.63, 3.8) is 0 Å². The Labute approximate surface area is 109 Å². The van der Waals surface area contributed by atoms with Crippen molar-refractivity contribution in [3.05, 3.63) is 23.8 Å². The van der Waals surface area contributed by atoms with Gasteiger partial charge < -0.3 is 10.1 Å². The highest BCUT2D eigenvalue weighted by Crippen LogP contribution is 2.28. The van der Waals surface area contributed by atoms with Crippen LogP contribution in [0.5, 0.6) is 0 Å². The van der Waals surface area contributed by atoms with E-state index in [1.165, 1.54) is 0 Å². The van der Waals surface area contributed by atoms with Crippen molar-refractivity contribution in [2.45, 2.75) is 39.2 Å². The molecule has 1 fully saturated rings. The Morgan fingerprint density at radius 3 is 2.72 bits per heavy atom. The van der Waals surface area contributed by atoms with Crippen LogP contribution in [0, 0.1) is 12.8 Å². The summed E-state index contributed by atoms with van der Waals surface area (Å²) in [5.41, 5.74) is 2.04. The van der Waals surface area contributed by atoms with E-state index in [1.807, 2.05) is 19.3 Å². The lowest BCUT2D eigenvalue weighted by Gasteiger charge is -2.30. The quantitative estimate of drug-likeness (QED) is 0.869. The highest BCUT2D eigenvalue weighted by atomic mass is 16.5. The predicted molar refractivity (Wildman–Crippen MR) is 71.3 cm³/mol. The van der Waals surface area contributed by atoms with Crippen LogP contribution in [-0.4, -0.2) is 29.7 Å². The molecule has 1 N–H and O–H groups in total. The molecule has 1 aliphatic heterocycles. The fraction of sp³-hybridized carbons (Fsp3) is 0.714. The average molecular weight is 249 g/mol. The average Bonchev–Trinajstić information content (AvgIpc) is 2.42. The fourth-order valence-corrected chi connectivity index (χ4v) is 2.42. The number of rotatable bonds is 5. The van der Waals surface area contributed by atoms with Crippen molar-refractivity contribution in [2.24, 2.45) is 5.92 Å². The van der Waals surface area contributed by atoms with Crippen LogP contribution in [0.2, 0.25) is 0 Å². The molecule has 18 heavy (non-hydrogen) atoms. The van der Waals surface area contributed by atoms with Crippen LogP contribution in [0.1, 0.15) is 43.6 Å². The van der Waals surface area contributed by atoms with Gasteiger partial charge in [-0.15, -0.1) is 0 Å². The molecule has 0 aliphatic carbocycles. The van der Waals surface area contributed by atoms with Gasteiger partial charge in [0.1, 0.15) is 0 Å². The molecule has 1 aliphatic rings. The Morgan fingerprint density at radius 1 is 1.33 bits per heavy atom. The van der Waals surface area contributed by atoms with Gasteiger partial charge in [-0.1, -0.05) is 6.92 Å². The van der Waals surface area contributed by atoms with Crippen LogP contribution >= 0.6 is 0 Å². The van der Waals surface area contributed by atoms with Crippen LogP contribution in [-0.2, 0) is 4.74 Å². The molecule has 1 saturated heterocycles. The molecule has 0 aromatic carbocycles. The SMILES string of the molecule is CCCNC(c1cnc(C)cn1)C1CCOCC1. The van der Waals surface area contributed by atoms with E-state index in [1.54, 1.807) is 0 Å². The summed E-state index contributed by atoms with van der Waals surface area (Å²) in [6, 6.07) is 0.321. The van der Waals surface area contributed by atoms with Gasteiger partial charge in [-0.3, -0.25) is 9.97 Å². The van der Waals surface area contributed by atoms with E-state index in [2.05, 4.69) is 22.2 Å². The molecule has 0 amide bonds. The summed E-state index contributed by atoms with van der Waals surface area (Å²) in [6.45, 7) is 6.93. The highest BCUT2D eigenvalue weighted by molar-refractivity contribution is 5.07.